The van der Waals surface area contributed by atoms with Crippen LogP contribution in [-0.4, -0.2) is 31.9 Å². The quantitative estimate of drug-likeness (QED) is 0.112. The minimum absolute atomic E-state index is 0.0918. The molecule has 1 aliphatic heterocycles. The van der Waals surface area contributed by atoms with Crippen molar-refractivity contribution in [2.75, 3.05) is 19.8 Å². The third kappa shape index (κ3) is 14.5. The van der Waals surface area contributed by atoms with Gasteiger partial charge in [-0.15, -0.1) is 0 Å². The van der Waals surface area contributed by atoms with E-state index >= 15 is 0 Å². The Kier molecular flexibility index (Phi) is 15.0. The van der Waals surface area contributed by atoms with Gasteiger partial charge in [-0.2, -0.15) is 0 Å². The first-order chi connectivity index (χ1) is 15.8. The molecule has 1 unspecified atom stereocenters. The van der Waals surface area contributed by atoms with Crippen LogP contribution >= 0.6 is 0 Å². The Hall–Kier alpha value is -1.55. The first kappa shape index (κ1) is 26.7. The predicted molar refractivity (Wildman–Crippen MR) is 131 cm³/mol. The molecule has 1 atom stereocenters. The van der Waals surface area contributed by atoms with Crippen LogP contribution in [0.1, 0.15) is 109 Å². The molecule has 32 heavy (non-hydrogen) atoms. The van der Waals surface area contributed by atoms with Crippen LogP contribution in [-0.2, 0) is 20.7 Å². The average molecular weight is 447 g/mol. The van der Waals surface area contributed by atoms with Crippen molar-refractivity contribution in [2.45, 2.75) is 116 Å². The second-order valence-electron chi connectivity index (χ2n) is 9.23. The smallest absolute Gasteiger partial charge is 0.306 e. The predicted octanol–water partition coefficient (Wildman–Crippen LogP) is 7.42. The summed E-state index contributed by atoms with van der Waals surface area (Å²) in [6, 6.07) is 7.95. The van der Waals surface area contributed by atoms with Gasteiger partial charge in [0.05, 0.1) is 13.2 Å². The topological polar surface area (TPSA) is 48.1 Å². The summed E-state index contributed by atoms with van der Waals surface area (Å²) < 4.78 is 16.2. The molecule has 0 amide bonds. The summed E-state index contributed by atoms with van der Waals surface area (Å²) in [5.41, 5.74) is 1.13. The summed E-state index contributed by atoms with van der Waals surface area (Å²) in [7, 11) is 0. The van der Waals surface area contributed by atoms with Gasteiger partial charge in [0.2, 0.25) is 0 Å². The Bertz CT molecular complexity index is 580. The van der Waals surface area contributed by atoms with Crippen LogP contribution in [0.2, 0.25) is 0 Å². The SMILES string of the molecule is CCCCCCCCCCCCCCCCOC(=O)CCc1ccc(OCC2CO2)cc1. The molecule has 1 saturated heterocycles. The molecule has 1 heterocycles. The number of unbranched alkanes of at least 4 members (excludes halogenated alkanes) is 13. The summed E-state index contributed by atoms with van der Waals surface area (Å²) in [6.07, 6.45) is 20.1. The van der Waals surface area contributed by atoms with Crippen molar-refractivity contribution >= 4 is 5.97 Å². The molecule has 0 saturated carbocycles. The summed E-state index contributed by atoms with van der Waals surface area (Å²) in [5.74, 6) is 0.760. The lowest BCUT2D eigenvalue weighted by molar-refractivity contribution is -0.143. The fourth-order valence-electron chi connectivity index (χ4n) is 3.91. The van der Waals surface area contributed by atoms with Gasteiger partial charge in [-0.3, -0.25) is 4.79 Å². The number of hydrogen-bond donors (Lipinski definition) is 0. The molecule has 1 fully saturated rings. The number of carbonyl (C=O) groups is 1. The van der Waals surface area contributed by atoms with Gasteiger partial charge in [-0.05, 0) is 30.5 Å². The van der Waals surface area contributed by atoms with Crippen molar-refractivity contribution in [1.82, 2.24) is 0 Å². The van der Waals surface area contributed by atoms with E-state index in [9.17, 15) is 4.79 Å². The highest BCUT2D eigenvalue weighted by atomic mass is 16.6. The third-order valence-electron chi connectivity index (χ3n) is 6.14. The lowest BCUT2D eigenvalue weighted by Crippen LogP contribution is -2.07. The number of rotatable bonds is 21. The van der Waals surface area contributed by atoms with Gasteiger partial charge in [0.15, 0.2) is 0 Å². The molecule has 1 aromatic rings. The maximum absolute atomic E-state index is 11.9. The molecule has 0 N–H and O–H groups in total. The molecular weight excluding hydrogens is 400 g/mol. The second kappa shape index (κ2) is 17.9. The van der Waals surface area contributed by atoms with E-state index < -0.39 is 0 Å². The fraction of sp³-hybridized carbons (Fsp3) is 0.750. The molecule has 2 rings (SSSR count). The summed E-state index contributed by atoms with van der Waals surface area (Å²) in [5, 5.41) is 0. The molecule has 0 aromatic heterocycles. The van der Waals surface area contributed by atoms with Gasteiger partial charge < -0.3 is 14.2 Å². The molecule has 0 aliphatic carbocycles. The second-order valence-corrected chi connectivity index (χ2v) is 9.23. The molecule has 182 valence electrons. The van der Waals surface area contributed by atoms with E-state index in [1.54, 1.807) is 0 Å². The Morgan fingerprint density at radius 3 is 1.91 bits per heavy atom. The maximum Gasteiger partial charge on any atom is 0.306 e. The number of hydrogen-bond acceptors (Lipinski definition) is 4. The number of epoxide rings is 1. The lowest BCUT2D eigenvalue weighted by atomic mass is 10.0. The summed E-state index contributed by atoms with van der Waals surface area (Å²) in [4.78, 5) is 11.9. The van der Waals surface area contributed by atoms with Crippen molar-refractivity contribution in [1.29, 1.82) is 0 Å². The Morgan fingerprint density at radius 2 is 1.38 bits per heavy atom. The van der Waals surface area contributed by atoms with Crippen molar-refractivity contribution in [2.24, 2.45) is 0 Å². The van der Waals surface area contributed by atoms with Crippen molar-refractivity contribution < 1.29 is 19.0 Å². The molecule has 1 aromatic carbocycles. The van der Waals surface area contributed by atoms with Crippen LogP contribution in [0.5, 0.6) is 5.75 Å². The minimum Gasteiger partial charge on any atom is -0.491 e. The van der Waals surface area contributed by atoms with Gasteiger partial charge in [0.1, 0.15) is 18.5 Å². The first-order valence-electron chi connectivity index (χ1n) is 13.3. The van der Waals surface area contributed by atoms with Crippen LogP contribution in [0.4, 0.5) is 0 Å². The minimum atomic E-state index is -0.0918. The lowest BCUT2D eigenvalue weighted by Gasteiger charge is -2.07. The van der Waals surface area contributed by atoms with Crippen molar-refractivity contribution in [3.63, 3.8) is 0 Å². The van der Waals surface area contributed by atoms with Crippen LogP contribution in [0.25, 0.3) is 0 Å². The first-order valence-corrected chi connectivity index (χ1v) is 13.3. The molecule has 1 aliphatic rings. The molecule has 0 spiro atoms. The van der Waals surface area contributed by atoms with Crippen LogP contribution < -0.4 is 4.74 Å². The van der Waals surface area contributed by atoms with E-state index in [-0.39, 0.29) is 12.1 Å². The van der Waals surface area contributed by atoms with Gasteiger partial charge in [0.25, 0.3) is 0 Å². The molecule has 0 bridgehead atoms. The van der Waals surface area contributed by atoms with E-state index in [0.29, 0.717) is 26.1 Å². The average Bonchev–Trinajstić information content (AvgIpc) is 3.64. The monoisotopic (exact) mass is 446 g/mol. The molecule has 4 nitrogen and oxygen atoms in total. The van der Waals surface area contributed by atoms with Crippen molar-refractivity contribution in [3.05, 3.63) is 29.8 Å². The number of benzene rings is 1. The van der Waals surface area contributed by atoms with Crippen LogP contribution in [0.3, 0.4) is 0 Å². The fourth-order valence-corrected chi connectivity index (χ4v) is 3.91. The van der Waals surface area contributed by atoms with E-state index in [1.165, 1.54) is 77.0 Å². The zero-order valence-corrected chi connectivity index (χ0v) is 20.5. The zero-order chi connectivity index (χ0) is 22.7. The van der Waals surface area contributed by atoms with Gasteiger partial charge in [-0.25, -0.2) is 0 Å². The van der Waals surface area contributed by atoms with Gasteiger partial charge >= 0.3 is 5.97 Å². The van der Waals surface area contributed by atoms with E-state index in [1.807, 2.05) is 24.3 Å². The van der Waals surface area contributed by atoms with Crippen LogP contribution in [0.15, 0.2) is 24.3 Å². The summed E-state index contributed by atoms with van der Waals surface area (Å²) >= 11 is 0. The molecule has 4 heteroatoms. The van der Waals surface area contributed by atoms with Gasteiger partial charge in [0, 0.05) is 6.42 Å². The standard InChI is InChI=1S/C28H46O4/c1-2-3-4-5-6-7-8-9-10-11-12-13-14-15-22-30-28(29)21-18-25-16-19-26(20-17-25)31-23-27-24-32-27/h16-17,19-20,27H,2-15,18,21-24H2,1H3. The Labute approximate surface area is 196 Å². The highest BCUT2D eigenvalue weighted by molar-refractivity contribution is 5.69. The zero-order valence-electron chi connectivity index (χ0n) is 20.5. The van der Waals surface area contributed by atoms with Crippen LogP contribution in [0, 0.1) is 0 Å². The van der Waals surface area contributed by atoms with E-state index in [0.717, 1.165) is 30.8 Å². The largest absolute Gasteiger partial charge is 0.491 e. The summed E-state index contributed by atoms with van der Waals surface area (Å²) in [6.45, 7) is 4.26. The highest BCUT2D eigenvalue weighted by Crippen LogP contribution is 2.17. The normalized spacial score (nSPS) is 15.0. The maximum atomic E-state index is 11.9. The molecule has 0 radical (unpaired) electrons. The number of aryl methyl sites for hydroxylation is 1. The Morgan fingerprint density at radius 1 is 0.844 bits per heavy atom. The number of esters is 1. The highest BCUT2D eigenvalue weighted by Gasteiger charge is 2.22. The number of ether oxygens (including phenoxy) is 3. The van der Waals surface area contributed by atoms with Gasteiger partial charge in [-0.1, -0.05) is 103 Å². The third-order valence-corrected chi connectivity index (χ3v) is 6.14. The molecular formula is C28H46O4. The van der Waals surface area contributed by atoms with E-state index in [4.69, 9.17) is 14.2 Å². The van der Waals surface area contributed by atoms with Crippen molar-refractivity contribution in [3.8, 4) is 5.75 Å². The Balaban J connectivity index is 1.32. The van der Waals surface area contributed by atoms with E-state index in [2.05, 4.69) is 6.92 Å². The number of carbonyl (C=O) groups excluding carboxylic acids is 1.